The molecule has 0 saturated heterocycles. The van der Waals surface area contributed by atoms with Crippen LogP contribution in [-0.4, -0.2) is 24.6 Å². The van der Waals surface area contributed by atoms with Crippen molar-refractivity contribution < 1.29 is 4.74 Å². The molecule has 4 nitrogen and oxygen atoms in total. The molecular weight excluding hydrogens is 246 g/mol. The van der Waals surface area contributed by atoms with E-state index in [1.54, 1.807) is 0 Å². The van der Waals surface area contributed by atoms with Crippen LogP contribution in [0.25, 0.3) is 0 Å². The van der Waals surface area contributed by atoms with Crippen LogP contribution in [0.1, 0.15) is 11.1 Å². The lowest BCUT2D eigenvalue weighted by molar-refractivity contribution is 0.324. The largest absolute Gasteiger partial charge is 0.491 e. The number of nitrogens with one attached hydrogen (secondary N) is 1. The molecule has 5 heteroatoms. The van der Waals surface area contributed by atoms with Crippen LogP contribution in [-0.2, 0) is 0 Å². The van der Waals surface area contributed by atoms with Crippen LogP contribution in [0.4, 0.5) is 0 Å². The second kappa shape index (κ2) is 7.62. The Hall–Kier alpha value is -1.67. The molecule has 1 aromatic rings. The van der Waals surface area contributed by atoms with Gasteiger partial charge in [0.2, 0.25) is 0 Å². The van der Waals surface area contributed by atoms with Crippen molar-refractivity contribution in [2.24, 2.45) is 4.99 Å². The standard InChI is InChI=1S/C13H17N3OS/c1-10-5-4-6-11(2)12(10)17-8-7-15-13(18-3)16-9-14/h4-6H,7-8H2,1-3H3,(H,15,16). The summed E-state index contributed by atoms with van der Waals surface area (Å²) in [7, 11) is 0. The van der Waals surface area contributed by atoms with Crippen molar-refractivity contribution in [2.75, 3.05) is 19.4 Å². The third-order valence-electron chi connectivity index (χ3n) is 2.36. The quantitative estimate of drug-likeness (QED) is 0.298. The van der Waals surface area contributed by atoms with Crippen LogP contribution >= 0.6 is 11.8 Å². The van der Waals surface area contributed by atoms with Gasteiger partial charge in [0.15, 0.2) is 11.4 Å². The Bertz CT molecular complexity index is 446. The predicted molar refractivity (Wildman–Crippen MR) is 76.0 cm³/mol. The lowest BCUT2D eigenvalue weighted by atomic mass is 10.1. The molecule has 1 aromatic carbocycles. The normalized spacial score (nSPS) is 10.9. The summed E-state index contributed by atoms with van der Waals surface area (Å²) >= 11 is 1.41. The lowest BCUT2D eigenvalue weighted by Gasteiger charge is -2.10. The van der Waals surface area contributed by atoms with Gasteiger partial charge in [0.25, 0.3) is 0 Å². The third-order valence-corrected chi connectivity index (χ3v) is 2.98. The number of thioether (sulfide) groups is 1. The average molecular weight is 263 g/mol. The van der Waals surface area contributed by atoms with Crippen molar-refractivity contribution in [3.05, 3.63) is 29.3 Å². The van der Waals surface area contributed by atoms with Gasteiger partial charge in [-0.25, -0.2) is 0 Å². The van der Waals surface area contributed by atoms with Crippen LogP contribution < -0.4 is 10.1 Å². The van der Waals surface area contributed by atoms with Crippen molar-refractivity contribution >= 4 is 16.9 Å². The highest BCUT2D eigenvalue weighted by molar-refractivity contribution is 8.13. The molecular formula is C13H17N3OS. The maximum absolute atomic E-state index is 8.49. The van der Waals surface area contributed by atoms with Crippen LogP contribution in [0.5, 0.6) is 5.75 Å². The molecule has 0 radical (unpaired) electrons. The Morgan fingerprint density at radius 2 is 2.11 bits per heavy atom. The first-order valence-corrected chi connectivity index (χ1v) is 6.84. The van der Waals surface area contributed by atoms with Crippen LogP contribution in [0.3, 0.4) is 0 Å². The van der Waals surface area contributed by atoms with Gasteiger partial charge in [-0.15, -0.1) is 0 Å². The Kier molecular flexibility index (Phi) is 6.09. The van der Waals surface area contributed by atoms with Gasteiger partial charge in [0, 0.05) is 0 Å². The van der Waals surface area contributed by atoms with Crippen molar-refractivity contribution in [3.8, 4) is 11.9 Å². The van der Waals surface area contributed by atoms with E-state index in [1.807, 2.05) is 44.5 Å². The van der Waals surface area contributed by atoms with E-state index in [0.717, 1.165) is 16.9 Å². The number of hydrogen-bond donors (Lipinski definition) is 1. The minimum Gasteiger partial charge on any atom is -0.491 e. The highest BCUT2D eigenvalue weighted by atomic mass is 32.2. The Morgan fingerprint density at radius 3 is 2.67 bits per heavy atom. The zero-order valence-corrected chi connectivity index (χ0v) is 11.7. The fourth-order valence-corrected chi connectivity index (χ4v) is 1.89. The molecule has 1 rings (SSSR count). The van der Waals surface area contributed by atoms with E-state index in [4.69, 9.17) is 10.00 Å². The van der Waals surface area contributed by atoms with Crippen molar-refractivity contribution in [3.63, 3.8) is 0 Å². The van der Waals surface area contributed by atoms with E-state index in [-0.39, 0.29) is 0 Å². The first-order valence-electron chi connectivity index (χ1n) is 5.61. The Balaban J connectivity index is 2.50. The SMILES string of the molecule is CSC(=NCCOc1c(C)cccc1C)NC#N. The molecule has 96 valence electrons. The minimum absolute atomic E-state index is 0.503. The number of nitrogens with zero attached hydrogens (tertiary/aromatic N) is 2. The Labute approximate surface area is 112 Å². The third kappa shape index (κ3) is 4.30. The fourth-order valence-electron chi connectivity index (χ4n) is 1.52. The second-order valence-electron chi connectivity index (χ2n) is 3.70. The summed E-state index contributed by atoms with van der Waals surface area (Å²) in [5, 5.41) is 11.6. The maximum atomic E-state index is 8.49. The van der Waals surface area contributed by atoms with Gasteiger partial charge < -0.3 is 4.74 Å². The van der Waals surface area contributed by atoms with E-state index < -0.39 is 0 Å². The molecule has 0 spiro atoms. The number of nitriles is 1. The number of aryl methyl sites for hydroxylation is 2. The van der Waals surface area contributed by atoms with E-state index in [9.17, 15) is 0 Å². The first kappa shape index (κ1) is 14.4. The number of amidine groups is 1. The number of rotatable bonds is 4. The number of hydrogen-bond acceptors (Lipinski definition) is 4. The van der Waals surface area contributed by atoms with Crippen molar-refractivity contribution in [1.29, 1.82) is 5.26 Å². The topological polar surface area (TPSA) is 57.4 Å². The molecule has 0 amide bonds. The smallest absolute Gasteiger partial charge is 0.183 e. The van der Waals surface area contributed by atoms with Gasteiger partial charge in [0.1, 0.15) is 12.4 Å². The molecule has 0 aromatic heterocycles. The highest BCUT2D eigenvalue weighted by Gasteiger charge is 2.02. The molecule has 18 heavy (non-hydrogen) atoms. The fraction of sp³-hybridized carbons (Fsp3) is 0.385. The maximum Gasteiger partial charge on any atom is 0.183 e. The summed E-state index contributed by atoms with van der Waals surface area (Å²) in [5.74, 6) is 0.923. The minimum atomic E-state index is 0.503. The molecule has 0 fully saturated rings. The number of ether oxygens (including phenoxy) is 1. The molecule has 0 heterocycles. The van der Waals surface area contributed by atoms with Crippen molar-refractivity contribution in [1.82, 2.24) is 5.32 Å². The number of para-hydroxylation sites is 1. The highest BCUT2D eigenvalue weighted by Crippen LogP contribution is 2.21. The Morgan fingerprint density at radius 1 is 1.44 bits per heavy atom. The number of benzene rings is 1. The lowest BCUT2D eigenvalue weighted by Crippen LogP contribution is -2.15. The summed E-state index contributed by atoms with van der Waals surface area (Å²) in [5.41, 5.74) is 2.25. The monoisotopic (exact) mass is 263 g/mol. The summed E-state index contributed by atoms with van der Waals surface area (Å²) in [4.78, 5) is 4.23. The summed E-state index contributed by atoms with van der Waals surface area (Å²) < 4.78 is 5.71. The van der Waals surface area contributed by atoms with Crippen molar-refractivity contribution in [2.45, 2.75) is 13.8 Å². The van der Waals surface area contributed by atoms with E-state index in [1.165, 1.54) is 11.8 Å². The van der Waals surface area contributed by atoms with E-state index >= 15 is 0 Å². The van der Waals surface area contributed by atoms with Gasteiger partial charge in [-0.1, -0.05) is 30.0 Å². The molecule has 0 saturated carbocycles. The molecule has 0 atom stereocenters. The first-order chi connectivity index (χ1) is 8.69. The average Bonchev–Trinajstić information content (AvgIpc) is 2.36. The molecule has 0 aliphatic rings. The second-order valence-corrected chi connectivity index (χ2v) is 4.49. The number of aliphatic imine (C=N–C) groups is 1. The van der Waals surface area contributed by atoms with Gasteiger partial charge in [-0.2, -0.15) is 5.26 Å². The van der Waals surface area contributed by atoms with Gasteiger partial charge in [-0.05, 0) is 31.2 Å². The van der Waals surface area contributed by atoms with Gasteiger partial charge >= 0.3 is 0 Å². The van der Waals surface area contributed by atoms with Gasteiger partial charge in [-0.3, -0.25) is 10.3 Å². The van der Waals surface area contributed by atoms with Crippen LogP contribution in [0.15, 0.2) is 23.2 Å². The van der Waals surface area contributed by atoms with E-state index in [2.05, 4.69) is 10.3 Å². The molecule has 0 aliphatic heterocycles. The summed E-state index contributed by atoms with van der Waals surface area (Å²) in [6.07, 6.45) is 3.72. The molecule has 1 N–H and O–H groups in total. The zero-order chi connectivity index (χ0) is 13.4. The van der Waals surface area contributed by atoms with E-state index in [0.29, 0.717) is 18.3 Å². The summed E-state index contributed by atoms with van der Waals surface area (Å²) in [6.45, 7) is 5.08. The summed E-state index contributed by atoms with van der Waals surface area (Å²) in [6, 6.07) is 6.06. The van der Waals surface area contributed by atoms with Crippen LogP contribution in [0, 0.1) is 25.3 Å². The predicted octanol–water partition coefficient (Wildman–Crippen LogP) is 2.47. The molecule has 0 unspecified atom stereocenters. The molecule has 0 aliphatic carbocycles. The van der Waals surface area contributed by atoms with Gasteiger partial charge in [0.05, 0.1) is 6.54 Å². The molecule has 0 bridgehead atoms. The zero-order valence-electron chi connectivity index (χ0n) is 10.9. The van der Waals surface area contributed by atoms with Crippen LogP contribution in [0.2, 0.25) is 0 Å².